The van der Waals surface area contributed by atoms with Gasteiger partial charge in [-0.2, -0.15) is 0 Å². The predicted octanol–water partition coefficient (Wildman–Crippen LogP) is 1.88. The molecule has 1 heterocycles. The van der Waals surface area contributed by atoms with Crippen LogP contribution in [0.15, 0.2) is 22.7 Å². The van der Waals surface area contributed by atoms with Crippen molar-refractivity contribution >= 4 is 37.7 Å². The van der Waals surface area contributed by atoms with E-state index in [1.54, 1.807) is 6.07 Å². The smallest absolute Gasteiger partial charge is 0.152 e. The number of sulfone groups is 1. The number of carbonyl (C=O) groups is 1. The molecule has 4 nitrogen and oxygen atoms in total. The van der Waals surface area contributed by atoms with Gasteiger partial charge in [-0.25, -0.2) is 8.42 Å². The number of hydrogen-bond donors (Lipinski definition) is 0. The lowest BCUT2D eigenvalue weighted by molar-refractivity contribution is 0.112. The summed E-state index contributed by atoms with van der Waals surface area (Å²) in [5.41, 5.74) is 1.34. The van der Waals surface area contributed by atoms with E-state index in [0.717, 1.165) is 16.4 Å². The van der Waals surface area contributed by atoms with Crippen LogP contribution < -0.4 is 4.90 Å². The number of hydrogen-bond acceptors (Lipinski definition) is 4. The number of anilines is 1. The van der Waals surface area contributed by atoms with Gasteiger partial charge in [0.15, 0.2) is 16.1 Å². The van der Waals surface area contributed by atoms with Gasteiger partial charge in [0, 0.05) is 28.8 Å². The van der Waals surface area contributed by atoms with E-state index in [-0.39, 0.29) is 17.5 Å². The first-order valence-corrected chi connectivity index (χ1v) is 8.22. The van der Waals surface area contributed by atoms with Crippen molar-refractivity contribution < 1.29 is 13.2 Å². The van der Waals surface area contributed by atoms with Crippen LogP contribution >= 0.6 is 15.9 Å². The summed E-state index contributed by atoms with van der Waals surface area (Å²) < 4.78 is 23.8. The second-order valence-electron chi connectivity index (χ2n) is 4.49. The van der Waals surface area contributed by atoms with Crippen molar-refractivity contribution in [3.8, 4) is 0 Å². The third kappa shape index (κ3) is 2.75. The minimum absolute atomic E-state index is 0.0464. The zero-order valence-corrected chi connectivity index (χ0v) is 12.4. The van der Waals surface area contributed by atoms with Crippen molar-refractivity contribution in [2.75, 3.05) is 23.5 Å². The van der Waals surface area contributed by atoms with Crippen LogP contribution in [-0.4, -0.2) is 39.3 Å². The lowest BCUT2D eigenvalue weighted by atomic mass is 10.1. The van der Waals surface area contributed by atoms with E-state index in [0.29, 0.717) is 12.0 Å². The van der Waals surface area contributed by atoms with Gasteiger partial charge >= 0.3 is 0 Å². The minimum atomic E-state index is -2.92. The molecule has 0 aliphatic carbocycles. The Balaban J connectivity index is 2.29. The van der Waals surface area contributed by atoms with Gasteiger partial charge in [0.2, 0.25) is 0 Å². The topological polar surface area (TPSA) is 54.5 Å². The molecular weight excluding hydrogens is 318 g/mol. The fraction of sp³-hybridized carbons (Fsp3) is 0.417. The average Bonchev–Trinajstić information content (AvgIpc) is 2.68. The summed E-state index contributed by atoms with van der Waals surface area (Å²) in [5, 5.41) is 0. The second kappa shape index (κ2) is 5.01. The van der Waals surface area contributed by atoms with Crippen molar-refractivity contribution in [2.24, 2.45) is 0 Å². The molecule has 0 saturated carbocycles. The number of nitrogens with zero attached hydrogens (tertiary/aromatic N) is 1. The highest BCUT2D eigenvalue weighted by atomic mass is 79.9. The highest BCUT2D eigenvalue weighted by molar-refractivity contribution is 9.10. The molecule has 1 atom stereocenters. The molecule has 1 aliphatic heterocycles. The summed E-state index contributed by atoms with van der Waals surface area (Å²) in [5.74, 6) is 0.396. The fourth-order valence-electron chi connectivity index (χ4n) is 2.22. The first kappa shape index (κ1) is 13.5. The third-order valence-electron chi connectivity index (χ3n) is 3.25. The Hall–Kier alpha value is -0.880. The summed E-state index contributed by atoms with van der Waals surface area (Å²) in [6.45, 7) is 0. The van der Waals surface area contributed by atoms with E-state index in [4.69, 9.17) is 0 Å². The molecule has 1 aromatic carbocycles. The Morgan fingerprint density at radius 2 is 2.17 bits per heavy atom. The van der Waals surface area contributed by atoms with E-state index < -0.39 is 9.84 Å². The molecule has 1 aliphatic rings. The lowest BCUT2D eigenvalue weighted by Crippen LogP contribution is -2.33. The van der Waals surface area contributed by atoms with Crippen LogP contribution in [0, 0.1) is 0 Å². The standard InChI is InChI=1S/C12H14BrNO3S/c1-14(11-4-5-18(16,17)8-11)12-3-2-10(13)6-9(12)7-15/h2-3,6-7,11H,4-5,8H2,1H3. The van der Waals surface area contributed by atoms with Crippen LogP contribution in [0.2, 0.25) is 0 Å². The zero-order chi connectivity index (χ0) is 13.3. The van der Waals surface area contributed by atoms with Crippen LogP contribution in [-0.2, 0) is 9.84 Å². The van der Waals surface area contributed by atoms with Gasteiger partial charge in [0.25, 0.3) is 0 Å². The molecule has 0 N–H and O–H groups in total. The second-order valence-corrected chi connectivity index (χ2v) is 7.63. The molecule has 0 bridgehead atoms. The largest absolute Gasteiger partial charge is 0.370 e. The van der Waals surface area contributed by atoms with Crippen molar-refractivity contribution in [3.63, 3.8) is 0 Å². The van der Waals surface area contributed by atoms with Crippen LogP contribution in [0.1, 0.15) is 16.8 Å². The summed E-state index contributed by atoms with van der Waals surface area (Å²) in [6, 6.07) is 5.37. The van der Waals surface area contributed by atoms with E-state index in [1.807, 2.05) is 24.1 Å². The van der Waals surface area contributed by atoms with Gasteiger partial charge in [-0.05, 0) is 24.6 Å². The molecule has 0 spiro atoms. The van der Waals surface area contributed by atoms with E-state index in [9.17, 15) is 13.2 Å². The van der Waals surface area contributed by atoms with Gasteiger partial charge in [-0.3, -0.25) is 4.79 Å². The van der Waals surface area contributed by atoms with Crippen LogP contribution in [0.4, 0.5) is 5.69 Å². The number of benzene rings is 1. The van der Waals surface area contributed by atoms with E-state index >= 15 is 0 Å². The molecule has 6 heteroatoms. The Kier molecular flexibility index (Phi) is 3.77. The predicted molar refractivity (Wildman–Crippen MR) is 75.0 cm³/mol. The normalized spacial score (nSPS) is 21.8. The third-order valence-corrected chi connectivity index (χ3v) is 5.50. The average molecular weight is 332 g/mol. The Morgan fingerprint density at radius 3 is 2.72 bits per heavy atom. The molecular formula is C12H14BrNO3S. The quantitative estimate of drug-likeness (QED) is 0.793. The van der Waals surface area contributed by atoms with Crippen molar-refractivity contribution in [1.29, 1.82) is 0 Å². The zero-order valence-electron chi connectivity index (χ0n) is 9.97. The molecule has 98 valence electrons. The molecule has 1 aromatic rings. The maximum Gasteiger partial charge on any atom is 0.152 e. The van der Waals surface area contributed by atoms with Gasteiger partial charge in [0.1, 0.15) is 0 Å². The Morgan fingerprint density at radius 1 is 1.44 bits per heavy atom. The maximum absolute atomic E-state index is 11.5. The van der Waals surface area contributed by atoms with Crippen LogP contribution in [0.25, 0.3) is 0 Å². The van der Waals surface area contributed by atoms with Crippen molar-refractivity contribution in [3.05, 3.63) is 28.2 Å². The first-order chi connectivity index (χ1) is 8.43. The monoisotopic (exact) mass is 331 g/mol. The summed E-state index contributed by atoms with van der Waals surface area (Å²) >= 11 is 3.31. The number of aldehydes is 1. The lowest BCUT2D eigenvalue weighted by Gasteiger charge is -2.26. The van der Waals surface area contributed by atoms with Crippen molar-refractivity contribution in [2.45, 2.75) is 12.5 Å². The van der Waals surface area contributed by atoms with E-state index in [2.05, 4.69) is 15.9 Å². The molecule has 1 unspecified atom stereocenters. The highest BCUT2D eigenvalue weighted by Crippen LogP contribution is 2.27. The number of carbonyl (C=O) groups excluding carboxylic acids is 1. The SMILES string of the molecule is CN(c1ccc(Br)cc1C=O)C1CCS(=O)(=O)C1. The highest BCUT2D eigenvalue weighted by Gasteiger charge is 2.31. The Labute approximate surface area is 115 Å². The molecule has 0 amide bonds. The van der Waals surface area contributed by atoms with Gasteiger partial charge in [0.05, 0.1) is 11.5 Å². The Bertz CT molecular complexity index is 571. The molecule has 18 heavy (non-hydrogen) atoms. The van der Waals surface area contributed by atoms with E-state index in [1.165, 1.54) is 0 Å². The molecule has 1 saturated heterocycles. The molecule has 1 fully saturated rings. The van der Waals surface area contributed by atoms with Crippen LogP contribution in [0.3, 0.4) is 0 Å². The van der Waals surface area contributed by atoms with Gasteiger partial charge < -0.3 is 4.90 Å². The summed E-state index contributed by atoms with van der Waals surface area (Å²) in [7, 11) is -1.08. The summed E-state index contributed by atoms with van der Waals surface area (Å²) in [6.07, 6.45) is 1.41. The molecule has 0 radical (unpaired) electrons. The summed E-state index contributed by atoms with van der Waals surface area (Å²) in [4.78, 5) is 13.0. The maximum atomic E-state index is 11.5. The van der Waals surface area contributed by atoms with Gasteiger partial charge in [-0.1, -0.05) is 15.9 Å². The number of rotatable bonds is 3. The van der Waals surface area contributed by atoms with Crippen molar-refractivity contribution in [1.82, 2.24) is 0 Å². The minimum Gasteiger partial charge on any atom is -0.370 e. The first-order valence-electron chi connectivity index (χ1n) is 5.61. The number of halogens is 1. The molecule has 0 aromatic heterocycles. The molecule has 2 rings (SSSR count). The fourth-order valence-corrected chi connectivity index (χ4v) is 4.37. The van der Waals surface area contributed by atoms with Gasteiger partial charge in [-0.15, -0.1) is 0 Å². The van der Waals surface area contributed by atoms with Crippen LogP contribution in [0.5, 0.6) is 0 Å².